The topological polar surface area (TPSA) is 97.6 Å². The van der Waals surface area contributed by atoms with Gasteiger partial charge in [0.15, 0.2) is 5.76 Å². The minimum Gasteiger partial charge on any atom is -0.494 e. The number of carbonyl (C=O) groups excluding carboxylic acids is 1. The van der Waals surface area contributed by atoms with Gasteiger partial charge in [0.25, 0.3) is 5.91 Å². The highest BCUT2D eigenvalue weighted by Crippen LogP contribution is 2.32. The van der Waals surface area contributed by atoms with Crippen LogP contribution >= 0.6 is 0 Å². The van der Waals surface area contributed by atoms with Crippen LogP contribution in [-0.2, 0) is 10.0 Å². The lowest BCUT2D eigenvalue weighted by Crippen LogP contribution is -2.13. The third-order valence-corrected chi connectivity index (χ3v) is 5.03. The number of rotatable bonds is 5. The normalized spacial score (nSPS) is 11.5. The summed E-state index contributed by atoms with van der Waals surface area (Å²) in [6.45, 7) is 5.77. The molecule has 28 heavy (non-hydrogen) atoms. The fraction of sp³-hybridized carbons (Fsp3) is 0.250. The second-order valence-corrected chi connectivity index (χ2v) is 8.45. The highest BCUT2D eigenvalue weighted by atomic mass is 32.2. The number of sulfonamides is 1. The molecule has 0 spiro atoms. The van der Waals surface area contributed by atoms with Crippen LogP contribution in [0.5, 0.6) is 5.75 Å². The molecule has 1 aromatic heterocycles. The number of methoxy groups -OCH3 is 1. The summed E-state index contributed by atoms with van der Waals surface area (Å²) in [5, 5.41) is 3.71. The molecule has 8 heteroatoms. The Labute approximate surface area is 163 Å². The van der Waals surface area contributed by atoms with Crippen LogP contribution in [0.2, 0.25) is 0 Å². The van der Waals surface area contributed by atoms with Crippen molar-refractivity contribution in [1.29, 1.82) is 0 Å². The van der Waals surface area contributed by atoms with Crippen molar-refractivity contribution in [3.05, 3.63) is 52.8 Å². The van der Waals surface area contributed by atoms with E-state index in [0.29, 0.717) is 11.3 Å². The Balaban J connectivity index is 1.93. The van der Waals surface area contributed by atoms with Crippen molar-refractivity contribution in [2.75, 3.05) is 23.4 Å². The molecule has 0 radical (unpaired) electrons. The number of anilines is 2. The van der Waals surface area contributed by atoms with Gasteiger partial charge in [0.2, 0.25) is 10.0 Å². The number of amides is 1. The summed E-state index contributed by atoms with van der Waals surface area (Å²) < 4.78 is 36.3. The Kier molecular flexibility index (Phi) is 5.08. The third kappa shape index (κ3) is 3.82. The van der Waals surface area contributed by atoms with Crippen LogP contribution < -0.4 is 14.8 Å². The lowest BCUT2D eigenvalue weighted by molar-refractivity contribution is 0.0998. The molecular weight excluding hydrogens is 380 g/mol. The van der Waals surface area contributed by atoms with Crippen LogP contribution in [0.3, 0.4) is 0 Å². The molecule has 0 aliphatic carbocycles. The van der Waals surface area contributed by atoms with Gasteiger partial charge in [-0.25, -0.2) is 8.42 Å². The van der Waals surface area contributed by atoms with E-state index < -0.39 is 15.9 Å². The van der Waals surface area contributed by atoms with Crippen LogP contribution in [-0.4, -0.2) is 27.7 Å². The largest absolute Gasteiger partial charge is 0.494 e. The number of carbonyl (C=O) groups is 1. The van der Waals surface area contributed by atoms with Crippen molar-refractivity contribution in [1.82, 2.24) is 0 Å². The van der Waals surface area contributed by atoms with E-state index >= 15 is 0 Å². The first-order valence-electron chi connectivity index (χ1n) is 8.57. The summed E-state index contributed by atoms with van der Waals surface area (Å²) in [5.74, 6) is 0.138. The Morgan fingerprint density at radius 2 is 1.75 bits per heavy atom. The van der Waals surface area contributed by atoms with Crippen LogP contribution in [0.4, 0.5) is 11.4 Å². The zero-order chi connectivity index (χ0) is 20.6. The van der Waals surface area contributed by atoms with Crippen LogP contribution in [0.25, 0.3) is 11.0 Å². The van der Waals surface area contributed by atoms with E-state index in [1.54, 1.807) is 12.1 Å². The molecule has 0 atom stereocenters. The molecule has 148 valence electrons. The first kappa shape index (κ1) is 19.8. The highest BCUT2D eigenvalue weighted by molar-refractivity contribution is 7.92. The fourth-order valence-electron chi connectivity index (χ4n) is 3.13. The number of aryl methyl sites for hydroxylation is 3. The van der Waals surface area contributed by atoms with Gasteiger partial charge in [0, 0.05) is 22.7 Å². The molecule has 0 saturated carbocycles. The molecule has 0 bridgehead atoms. The molecule has 0 fully saturated rings. The second-order valence-electron chi connectivity index (χ2n) is 6.70. The van der Waals surface area contributed by atoms with Gasteiger partial charge in [-0.1, -0.05) is 12.1 Å². The lowest BCUT2D eigenvalue weighted by Gasteiger charge is -2.12. The predicted molar refractivity (Wildman–Crippen MR) is 110 cm³/mol. The highest BCUT2D eigenvalue weighted by Gasteiger charge is 2.20. The van der Waals surface area contributed by atoms with E-state index in [9.17, 15) is 13.2 Å². The molecule has 0 aliphatic rings. The molecule has 3 rings (SSSR count). The van der Waals surface area contributed by atoms with Crippen molar-refractivity contribution >= 4 is 38.3 Å². The maximum atomic E-state index is 12.8. The lowest BCUT2D eigenvalue weighted by atomic mass is 10.0. The number of benzene rings is 2. The maximum absolute atomic E-state index is 12.8. The van der Waals surface area contributed by atoms with Crippen LogP contribution in [0.15, 0.2) is 34.7 Å². The number of nitrogens with one attached hydrogen (secondary N) is 2. The van der Waals surface area contributed by atoms with Crippen LogP contribution in [0.1, 0.15) is 27.2 Å². The maximum Gasteiger partial charge on any atom is 0.291 e. The van der Waals surface area contributed by atoms with E-state index in [4.69, 9.17) is 9.15 Å². The first-order chi connectivity index (χ1) is 13.1. The number of hydrogen-bond acceptors (Lipinski definition) is 5. The van der Waals surface area contributed by atoms with Gasteiger partial charge in [-0.2, -0.15) is 0 Å². The zero-order valence-corrected chi connectivity index (χ0v) is 17.2. The quantitative estimate of drug-likeness (QED) is 0.672. The van der Waals surface area contributed by atoms with Crippen LogP contribution in [0, 0.1) is 20.8 Å². The fourth-order valence-corrected chi connectivity index (χ4v) is 3.70. The summed E-state index contributed by atoms with van der Waals surface area (Å²) in [6.07, 6.45) is 1.05. The number of fused-ring (bicyclic) bond motifs is 1. The molecule has 1 heterocycles. The van der Waals surface area contributed by atoms with Gasteiger partial charge >= 0.3 is 0 Å². The second kappa shape index (κ2) is 7.20. The smallest absolute Gasteiger partial charge is 0.291 e. The standard InChI is InChI=1S/C20H22N2O5S/c1-11-6-7-12(2)18-17(11)13(3)19(27-18)20(23)21-14-8-9-15(16(10-14)26-4)22-28(5,24)25/h6-10,22H,1-5H3,(H,21,23). The Morgan fingerprint density at radius 3 is 2.36 bits per heavy atom. The Bertz CT molecular complexity index is 1180. The molecule has 0 saturated heterocycles. The minimum atomic E-state index is -3.45. The minimum absolute atomic E-state index is 0.240. The van der Waals surface area contributed by atoms with E-state index in [0.717, 1.165) is 28.3 Å². The SMILES string of the molecule is COc1cc(NC(=O)c2oc3c(C)ccc(C)c3c2C)ccc1NS(C)(=O)=O. The summed E-state index contributed by atoms with van der Waals surface area (Å²) in [4.78, 5) is 12.8. The van der Waals surface area contributed by atoms with Gasteiger partial charge in [0.1, 0.15) is 11.3 Å². The Morgan fingerprint density at radius 1 is 1.07 bits per heavy atom. The molecule has 0 unspecified atom stereocenters. The summed E-state index contributed by atoms with van der Waals surface area (Å²) in [7, 11) is -2.03. The van der Waals surface area contributed by atoms with Crippen molar-refractivity contribution in [2.24, 2.45) is 0 Å². The number of hydrogen-bond donors (Lipinski definition) is 2. The summed E-state index contributed by atoms with van der Waals surface area (Å²) >= 11 is 0. The first-order valence-corrected chi connectivity index (χ1v) is 10.5. The number of ether oxygens (including phenoxy) is 1. The number of furan rings is 1. The van der Waals surface area contributed by atoms with Gasteiger partial charge < -0.3 is 14.5 Å². The zero-order valence-electron chi connectivity index (χ0n) is 16.3. The van der Waals surface area contributed by atoms with Gasteiger partial charge in [0.05, 0.1) is 19.1 Å². The molecule has 3 aromatic rings. The summed E-state index contributed by atoms with van der Waals surface area (Å²) in [6, 6.07) is 8.61. The third-order valence-electron chi connectivity index (χ3n) is 4.44. The van der Waals surface area contributed by atoms with E-state index in [1.807, 2.05) is 32.9 Å². The molecule has 1 amide bonds. The molecule has 7 nitrogen and oxygen atoms in total. The van der Waals surface area contributed by atoms with E-state index in [-0.39, 0.29) is 17.2 Å². The van der Waals surface area contributed by atoms with Crippen molar-refractivity contribution in [3.8, 4) is 5.75 Å². The summed E-state index contributed by atoms with van der Waals surface area (Å²) in [5.41, 5.74) is 4.21. The Hall–Kier alpha value is -3.00. The van der Waals surface area contributed by atoms with Crippen molar-refractivity contribution in [2.45, 2.75) is 20.8 Å². The van der Waals surface area contributed by atoms with Crippen molar-refractivity contribution < 1.29 is 22.4 Å². The average molecular weight is 402 g/mol. The molecule has 2 aromatic carbocycles. The van der Waals surface area contributed by atoms with Gasteiger partial charge in [-0.05, 0) is 44.0 Å². The molecule has 0 aliphatic heterocycles. The molecule has 2 N–H and O–H groups in total. The van der Waals surface area contributed by atoms with E-state index in [2.05, 4.69) is 10.0 Å². The molecular formula is C20H22N2O5S. The van der Waals surface area contributed by atoms with E-state index in [1.165, 1.54) is 13.2 Å². The van der Waals surface area contributed by atoms with Gasteiger partial charge in [-0.15, -0.1) is 0 Å². The predicted octanol–water partition coefficient (Wildman–Crippen LogP) is 3.99. The average Bonchev–Trinajstić information content (AvgIpc) is 2.97. The van der Waals surface area contributed by atoms with Crippen molar-refractivity contribution in [3.63, 3.8) is 0 Å². The monoisotopic (exact) mass is 402 g/mol. The van der Waals surface area contributed by atoms with Gasteiger partial charge in [-0.3, -0.25) is 9.52 Å².